The van der Waals surface area contributed by atoms with Gasteiger partial charge in [0.25, 0.3) is 0 Å². The van der Waals surface area contributed by atoms with Gasteiger partial charge in [-0.05, 0) is 54.6 Å². The average Bonchev–Trinajstić information content (AvgIpc) is 3.03. The Hall–Kier alpha value is -2.68. The molecule has 1 atom stereocenters. The maximum atomic E-state index is 8.44. The van der Waals surface area contributed by atoms with Crippen molar-refractivity contribution in [3.63, 3.8) is 0 Å². The van der Waals surface area contributed by atoms with Crippen LogP contribution in [-0.4, -0.2) is 9.97 Å². The van der Waals surface area contributed by atoms with Crippen LogP contribution < -0.4 is 0 Å². The molecule has 0 fully saturated rings. The van der Waals surface area contributed by atoms with Gasteiger partial charge in [0.05, 0.1) is 5.69 Å². The third-order valence-electron chi connectivity index (χ3n) is 4.36. The zero-order chi connectivity index (χ0) is 22.8. The summed E-state index contributed by atoms with van der Waals surface area (Å²) in [6, 6.07) is 11.0. The largest absolute Gasteiger partial charge is 0.437 e. The molecule has 0 saturated carbocycles. The summed E-state index contributed by atoms with van der Waals surface area (Å²) in [4.78, 5) is 8.87. The zero-order valence-corrected chi connectivity index (χ0v) is 14.3. The van der Waals surface area contributed by atoms with Crippen molar-refractivity contribution in [2.75, 3.05) is 0 Å². The lowest BCUT2D eigenvalue weighted by Crippen LogP contribution is -1.98. The van der Waals surface area contributed by atoms with Crippen LogP contribution in [-0.2, 0) is 6.37 Å². The van der Waals surface area contributed by atoms with E-state index >= 15 is 0 Å². The van der Waals surface area contributed by atoms with Gasteiger partial charge in [0.2, 0.25) is 5.71 Å². The maximum absolute atomic E-state index is 8.44. The van der Waals surface area contributed by atoms with E-state index in [9.17, 15) is 0 Å². The summed E-state index contributed by atoms with van der Waals surface area (Å²) in [5, 5.41) is 1.73. The lowest BCUT2D eigenvalue weighted by atomic mass is 9.96. The summed E-state index contributed by atoms with van der Waals surface area (Å²) in [5.41, 5.74) is 3.15. The molecule has 0 N–H and O–H groups in total. The van der Waals surface area contributed by atoms with Gasteiger partial charge in [-0.15, -0.1) is 0 Å². The molecule has 0 amide bonds. The van der Waals surface area contributed by atoms with Gasteiger partial charge in [-0.1, -0.05) is 32.8 Å². The number of nitrogens with zero attached hydrogens (tertiary/aromatic N) is 2. The van der Waals surface area contributed by atoms with Crippen molar-refractivity contribution >= 4 is 22.1 Å². The molecule has 0 bridgehead atoms. The summed E-state index contributed by atoms with van der Waals surface area (Å²) >= 11 is 0. The van der Waals surface area contributed by atoms with Gasteiger partial charge < -0.3 is 4.42 Å². The number of furan rings is 1. The Morgan fingerprint density at radius 1 is 1.28 bits per heavy atom. The van der Waals surface area contributed by atoms with Gasteiger partial charge in [-0.2, -0.15) is 0 Å². The van der Waals surface area contributed by atoms with Gasteiger partial charge in [0.15, 0.2) is 0 Å². The first-order chi connectivity index (χ1) is 14.3. The molecule has 25 heavy (non-hydrogen) atoms. The van der Waals surface area contributed by atoms with E-state index < -0.39 is 19.1 Å². The van der Waals surface area contributed by atoms with Crippen LogP contribution in [0.1, 0.15) is 51.6 Å². The van der Waals surface area contributed by atoms with E-state index in [2.05, 4.69) is 9.97 Å². The van der Waals surface area contributed by atoms with E-state index in [1.165, 1.54) is 26.1 Å². The lowest BCUT2D eigenvalue weighted by molar-refractivity contribution is 0.653. The Balaban J connectivity index is 1.98. The first-order valence-corrected chi connectivity index (χ1v) is 8.11. The summed E-state index contributed by atoms with van der Waals surface area (Å²) in [5.74, 6) is -2.01. The van der Waals surface area contributed by atoms with E-state index in [-0.39, 0.29) is 11.1 Å². The fourth-order valence-electron chi connectivity index (χ4n) is 3.08. The third-order valence-corrected chi connectivity index (χ3v) is 4.36. The Labute approximate surface area is 156 Å². The molecular weight excluding hydrogens is 308 g/mol. The van der Waals surface area contributed by atoms with Crippen LogP contribution in [0, 0.1) is 6.92 Å². The van der Waals surface area contributed by atoms with Gasteiger partial charge in [0.1, 0.15) is 5.58 Å². The first kappa shape index (κ1) is 10.3. The van der Waals surface area contributed by atoms with Crippen molar-refractivity contribution in [2.45, 2.75) is 39.9 Å². The summed E-state index contributed by atoms with van der Waals surface area (Å²) < 4.78 is 54.3. The fourth-order valence-corrected chi connectivity index (χ4v) is 3.08. The SMILES string of the molecule is [2H]C([2H])(C)c1cc(-c2cccc3c2oc2nc(C)ccc23)ncc1C([2H])(C)C([2H])([2H])[2H]. The van der Waals surface area contributed by atoms with Crippen molar-refractivity contribution < 1.29 is 12.6 Å². The van der Waals surface area contributed by atoms with E-state index in [1.807, 2.05) is 37.3 Å². The summed E-state index contributed by atoms with van der Waals surface area (Å²) in [7, 11) is 0. The molecule has 1 aromatic carbocycles. The molecule has 0 saturated heterocycles. The molecule has 1 unspecified atom stereocenters. The normalized spacial score (nSPS) is 18.7. The smallest absolute Gasteiger partial charge is 0.227 e. The molecule has 0 aliphatic heterocycles. The first-order valence-electron chi connectivity index (χ1n) is 11.1. The minimum atomic E-state index is -2.64. The lowest BCUT2D eigenvalue weighted by Gasteiger charge is -2.12. The van der Waals surface area contributed by atoms with Crippen molar-refractivity contribution in [3.05, 3.63) is 59.4 Å². The number of pyridine rings is 2. The molecule has 4 rings (SSSR count). The van der Waals surface area contributed by atoms with Crippen molar-refractivity contribution in [3.8, 4) is 11.3 Å². The molecule has 126 valence electrons. The standard InChI is InChI=1S/C22H22N2O/c1-5-15-11-20(23-12-19(15)13(2)3)18-8-6-7-16-17-10-9-14(4)24-22(17)25-21(16)18/h6-13H,5H2,1-4H3/i2D3,5D2,13D. The topological polar surface area (TPSA) is 38.9 Å². The Kier molecular flexibility index (Phi) is 2.48. The highest BCUT2D eigenvalue weighted by Gasteiger charge is 2.15. The second kappa shape index (κ2) is 5.99. The van der Waals surface area contributed by atoms with Crippen LogP contribution >= 0.6 is 0 Å². The van der Waals surface area contributed by atoms with Gasteiger partial charge in [-0.25, -0.2) is 4.98 Å². The molecule has 3 aromatic heterocycles. The van der Waals surface area contributed by atoms with Gasteiger partial charge in [0, 0.05) is 36.5 Å². The monoisotopic (exact) mass is 336 g/mol. The van der Waals surface area contributed by atoms with Crippen LogP contribution in [0.2, 0.25) is 0 Å². The third kappa shape index (κ3) is 2.60. The van der Waals surface area contributed by atoms with Gasteiger partial charge in [-0.3, -0.25) is 4.98 Å². The van der Waals surface area contributed by atoms with Crippen molar-refractivity contribution in [1.29, 1.82) is 0 Å². The highest BCUT2D eigenvalue weighted by atomic mass is 16.3. The number of hydrogen-bond acceptors (Lipinski definition) is 3. The molecular formula is C22H22N2O. The number of rotatable bonds is 3. The van der Waals surface area contributed by atoms with Crippen molar-refractivity contribution in [1.82, 2.24) is 9.97 Å². The predicted octanol–water partition coefficient (Wildman–Crippen LogP) is 6.04. The average molecular weight is 336 g/mol. The molecule has 3 nitrogen and oxygen atoms in total. The highest BCUT2D eigenvalue weighted by Crippen LogP contribution is 2.35. The molecule has 3 heteroatoms. The number of hydrogen-bond donors (Lipinski definition) is 0. The van der Waals surface area contributed by atoms with Crippen LogP contribution in [0.4, 0.5) is 0 Å². The zero-order valence-electron chi connectivity index (χ0n) is 20.3. The minimum absolute atomic E-state index is 0.0397. The van der Waals surface area contributed by atoms with Gasteiger partial charge >= 0.3 is 0 Å². The minimum Gasteiger partial charge on any atom is -0.437 e. The van der Waals surface area contributed by atoms with Crippen LogP contribution in [0.15, 0.2) is 47.0 Å². The van der Waals surface area contributed by atoms with Crippen LogP contribution in [0.3, 0.4) is 0 Å². The Bertz CT molecular complexity index is 1300. The summed E-state index contributed by atoms with van der Waals surface area (Å²) in [6.07, 6.45) is -0.573. The fraction of sp³-hybridized carbons (Fsp3) is 0.273. The summed E-state index contributed by atoms with van der Waals surface area (Å²) in [6.45, 7) is 1.85. The van der Waals surface area contributed by atoms with Crippen LogP contribution in [0.25, 0.3) is 33.3 Å². The molecule has 4 aromatic rings. The van der Waals surface area contributed by atoms with Crippen molar-refractivity contribution in [2.24, 2.45) is 0 Å². The molecule has 0 aliphatic carbocycles. The van der Waals surface area contributed by atoms with E-state index in [4.69, 9.17) is 12.6 Å². The number of aryl methyl sites for hydroxylation is 2. The second-order valence-electron chi connectivity index (χ2n) is 6.08. The van der Waals surface area contributed by atoms with E-state index in [0.29, 0.717) is 22.6 Å². The Morgan fingerprint density at radius 2 is 2.16 bits per heavy atom. The van der Waals surface area contributed by atoms with Crippen LogP contribution in [0.5, 0.6) is 0 Å². The number of fused-ring (bicyclic) bond motifs is 3. The Morgan fingerprint density at radius 3 is 2.96 bits per heavy atom. The molecule has 3 heterocycles. The predicted molar refractivity (Wildman–Crippen MR) is 103 cm³/mol. The number of para-hydroxylation sites is 1. The number of benzene rings is 1. The molecule has 0 spiro atoms. The second-order valence-corrected chi connectivity index (χ2v) is 6.08. The van der Waals surface area contributed by atoms with E-state index in [0.717, 1.165) is 16.5 Å². The number of aromatic nitrogens is 2. The highest BCUT2D eigenvalue weighted by molar-refractivity contribution is 6.08. The van der Waals surface area contributed by atoms with E-state index in [1.54, 1.807) is 0 Å². The molecule has 0 radical (unpaired) electrons. The maximum Gasteiger partial charge on any atom is 0.227 e. The quantitative estimate of drug-likeness (QED) is 0.458. The molecule has 0 aliphatic rings.